The molecule has 6 heteroatoms. The van der Waals surface area contributed by atoms with Gasteiger partial charge in [-0.05, 0) is 49.1 Å². The molecule has 4 rings (SSSR count). The molecule has 140 valence electrons. The van der Waals surface area contributed by atoms with E-state index in [0.29, 0.717) is 22.8 Å². The smallest absolute Gasteiger partial charge is 0.144 e. The Morgan fingerprint density at radius 1 is 1.22 bits per heavy atom. The Kier molecular flexibility index (Phi) is 5.03. The summed E-state index contributed by atoms with van der Waals surface area (Å²) in [6.07, 6.45) is 3.52. The molecule has 0 unspecified atom stereocenters. The molecule has 0 bridgehead atoms. The van der Waals surface area contributed by atoms with E-state index >= 15 is 0 Å². The number of methoxy groups -OCH3 is 1. The fourth-order valence-electron chi connectivity index (χ4n) is 3.54. The zero-order valence-corrected chi connectivity index (χ0v) is 15.9. The van der Waals surface area contributed by atoms with E-state index < -0.39 is 0 Å². The third-order valence-electron chi connectivity index (χ3n) is 4.90. The number of nitrogens with one attached hydrogen (secondary N) is 1. The van der Waals surface area contributed by atoms with Crippen molar-refractivity contribution in [3.8, 4) is 11.4 Å². The predicted molar refractivity (Wildman–Crippen MR) is 106 cm³/mol. The molecule has 0 saturated heterocycles. The van der Waals surface area contributed by atoms with Crippen LogP contribution in [0.5, 0.6) is 5.75 Å². The summed E-state index contributed by atoms with van der Waals surface area (Å²) in [4.78, 5) is 0. The lowest BCUT2D eigenvalue weighted by Crippen LogP contribution is -2.08. The minimum absolute atomic E-state index is 0.206. The Bertz CT molecular complexity index is 970. The van der Waals surface area contributed by atoms with Gasteiger partial charge in [-0.1, -0.05) is 29.8 Å². The average Bonchev–Trinajstić information content (AvgIpc) is 2.84. The first-order chi connectivity index (χ1) is 13.2. The van der Waals surface area contributed by atoms with Gasteiger partial charge in [0.2, 0.25) is 0 Å². The van der Waals surface area contributed by atoms with Crippen LogP contribution in [0.15, 0.2) is 42.5 Å². The Labute approximate surface area is 162 Å². The highest BCUT2D eigenvalue weighted by molar-refractivity contribution is 6.30. The lowest BCUT2D eigenvalue weighted by atomic mass is 10.0. The fraction of sp³-hybridized carbons (Fsp3) is 0.286. The molecule has 2 heterocycles. The van der Waals surface area contributed by atoms with Crippen LogP contribution in [0.1, 0.15) is 29.7 Å². The van der Waals surface area contributed by atoms with Crippen molar-refractivity contribution in [2.75, 3.05) is 19.0 Å². The van der Waals surface area contributed by atoms with Crippen molar-refractivity contribution >= 4 is 17.4 Å². The molecule has 1 aliphatic rings. The van der Waals surface area contributed by atoms with Crippen LogP contribution in [-0.4, -0.2) is 23.4 Å². The van der Waals surface area contributed by atoms with Crippen molar-refractivity contribution in [1.29, 1.82) is 0 Å². The van der Waals surface area contributed by atoms with E-state index in [0.717, 1.165) is 48.6 Å². The van der Waals surface area contributed by atoms with Crippen molar-refractivity contribution in [3.05, 3.63) is 70.1 Å². The molecule has 1 N–H and O–H groups in total. The Morgan fingerprint density at radius 3 is 2.89 bits per heavy atom. The summed E-state index contributed by atoms with van der Waals surface area (Å²) in [5.74, 6) is 1.43. The maximum absolute atomic E-state index is 14.2. The van der Waals surface area contributed by atoms with E-state index in [1.807, 2.05) is 28.9 Å². The lowest BCUT2D eigenvalue weighted by Gasteiger charge is -2.13. The quantitative estimate of drug-likeness (QED) is 0.686. The highest BCUT2D eigenvalue weighted by atomic mass is 35.5. The molecule has 27 heavy (non-hydrogen) atoms. The molecule has 0 fully saturated rings. The van der Waals surface area contributed by atoms with Crippen LogP contribution in [0.2, 0.25) is 5.02 Å². The predicted octanol–water partition coefficient (Wildman–Crippen LogP) is 5.01. The Hall–Kier alpha value is -2.53. The molecule has 1 aliphatic heterocycles. The molecule has 4 nitrogen and oxygen atoms in total. The van der Waals surface area contributed by atoms with Crippen molar-refractivity contribution in [3.63, 3.8) is 0 Å². The van der Waals surface area contributed by atoms with E-state index in [1.165, 1.54) is 6.07 Å². The molecule has 3 aromatic rings. The van der Waals surface area contributed by atoms with E-state index in [4.69, 9.17) is 21.4 Å². The van der Waals surface area contributed by atoms with Crippen LogP contribution >= 0.6 is 11.6 Å². The number of rotatable bonds is 4. The normalized spacial score (nSPS) is 13.6. The highest BCUT2D eigenvalue weighted by Crippen LogP contribution is 2.34. The number of benzene rings is 2. The second-order valence-electron chi connectivity index (χ2n) is 6.65. The number of ether oxygens (including phenoxy) is 1. The molecular weight excluding hydrogens is 365 g/mol. The van der Waals surface area contributed by atoms with Crippen LogP contribution in [0, 0.1) is 5.82 Å². The van der Waals surface area contributed by atoms with Gasteiger partial charge in [-0.3, -0.25) is 0 Å². The summed E-state index contributed by atoms with van der Waals surface area (Å²) in [6, 6.07) is 12.3. The maximum atomic E-state index is 14.2. The van der Waals surface area contributed by atoms with Crippen molar-refractivity contribution in [2.45, 2.75) is 25.7 Å². The third-order valence-corrected chi connectivity index (χ3v) is 5.13. The molecule has 0 amide bonds. The molecule has 0 spiro atoms. The zero-order chi connectivity index (χ0) is 18.8. The number of halogens is 2. The second kappa shape index (κ2) is 7.61. The number of fused-ring (bicyclic) bond motifs is 1. The third kappa shape index (κ3) is 3.52. The van der Waals surface area contributed by atoms with Gasteiger partial charge in [0.1, 0.15) is 23.1 Å². The minimum atomic E-state index is -0.206. The van der Waals surface area contributed by atoms with Gasteiger partial charge in [-0.25, -0.2) is 9.07 Å². The van der Waals surface area contributed by atoms with Gasteiger partial charge in [0.05, 0.1) is 12.8 Å². The van der Waals surface area contributed by atoms with Crippen LogP contribution in [0.25, 0.3) is 5.69 Å². The molecule has 0 saturated carbocycles. The number of aromatic nitrogens is 2. The molecule has 2 aromatic carbocycles. The van der Waals surface area contributed by atoms with Crippen molar-refractivity contribution in [1.82, 2.24) is 9.78 Å². The van der Waals surface area contributed by atoms with E-state index in [9.17, 15) is 4.39 Å². The standard InChI is InChI=1S/C21H21ClFN3O/c1-27-20-10-9-15(22)13-19(20)26-21-16(7-4-5-11-24-21)18(25-26)12-14-6-2-3-8-17(14)23/h2-3,6,8-10,13,24H,4-5,7,11-12H2,1H3. The van der Waals surface area contributed by atoms with Gasteiger partial charge in [-0.2, -0.15) is 5.10 Å². The summed E-state index contributed by atoms with van der Waals surface area (Å²) < 4.78 is 21.6. The van der Waals surface area contributed by atoms with Crippen LogP contribution in [0.3, 0.4) is 0 Å². The average molecular weight is 386 g/mol. The van der Waals surface area contributed by atoms with Gasteiger partial charge in [0.25, 0.3) is 0 Å². The number of hydrogen-bond donors (Lipinski definition) is 1. The monoisotopic (exact) mass is 385 g/mol. The topological polar surface area (TPSA) is 39.1 Å². The number of nitrogens with zero attached hydrogens (tertiary/aromatic N) is 2. The van der Waals surface area contributed by atoms with Gasteiger partial charge in [0.15, 0.2) is 0 Å². The van der Waals surface area contributed by atoms with Gasteiger partial charge < -0.3 is 10.1 Å². The summed E-state index contributed by atoms with van der Waals surface area (Å²) in [6.45, 7) is 0.876. The molecule has 0 atom stereocenters. The van der Waals surface area contributed by atoms with E-state index in [1.54, 1.807) is 19.2 Å². The summed E-state index contributed by atoms with van der Waals surface area (Å²) in [5.41, 5.74) is 3.44. The summed E-state index contributed by atoms with van der Waals surface area (Å²) >= 11 is 6.23. The Morgan fingerprint density at radius 2 is 2.07 bits per heavy atom. The molecule has 0 radical (unpaired) electrons. The summed E-state index contributed by atoms with van der Waals surface area (Å²) in [5, 5.41) is 8.94. The Balaban J connectivity index is 1.85. The largest absolute Gasteiger partial charge is 0.494 e. The first-order valence-corrected chi connectivity index (χ1v) is 9.47. The van der Waals surface area contributed by atoms with Crippen LogP contribution in [-0.2, 0) is 12.8 Å². The lowest BCUT2D eigenvalue weighted by molar-refractivity contribution is 0.412. The van der Waals surface area contributed by atoms with Gasteiger partial charge in [-0.15, -0.1) is 0 Å². The van der Waals surface area contributed by atoms with Crippen molar-refractivity contribution in [2.24, 2.45) is 0 Å². The minimum Gasteiger partial charge on any atom is -0.494 e. The molecular formula is C21H21ClFN3O. The molecule has 1 aromatic heterocycles. The first-order valence-electron chi connectivity index (χ1n) is 9.09. The van der Waals surface area contributed by atoms with E-state index in [-0.39, 0.29) is 5.82 Å². The van der Waals surface area contributed by atoms with Crippen molar-refractivity contribution < 1.29 is 9.13 Å². The zero-order valence-electron chi connectivity index (χ0n) is 15.1. The molecule has 0 aliphatic carbocycles. The maximum Gasteiger partial charge on any atom is 0.144 e. The second-order valence-corrected chi connectivity index (χ2v) is 7.09. The SMILES string of the molecule is COc1ccc(Cl)cc1-n1nc(Cc2ccccc2F)c2c1NCCCC2. The van der Waals surface area contributed by atoms with E-state index in [2.05, 4.69) is 5.32 Å². The van der Waals surface area contributed by atoms with Gasteiger partial charge >= 0.3 is 0 Å². The number of hydrogen-bond acceptors (Lipinski definition) is 3. The van der Waals surface area contributed by atoms with Gasteiger partial charge in [0, 0.05) is 23.6 Å². The fourth-order valence-corrected chi connectivity index (χ4v) is 3.71. The highest BCUT2D eigenvalue weighted by Gasteiger charge is 2.23. The van der Waals surface area contributed by atoms with Crippen LogP contribution in [0.4, 0.5) is 10.2 Å². The first kappa shape index (κ1) is 17.9. The summed E-state index contributed by atoms with van der Waals surface area (Å²) in [7, 11) is 1.63. The number of anilines is 1. The van der Waals surface area contributed by atoms with Crippen LogP contribution < -0.4 is 10.1 Å².